The number of unbranched alkanes of at least 4 members (excludes halogenated alkanes) is 2. The molecule has 3 fully saturated rings. The maximum Gasteiger partial charge on any atom is 0.251 e. The molecule has 4 rings (SSSR count). The average molecular weight is 631 g/mol. The lowest BCUT2D eigenvalue weighted by Crippen LogP contribution is -2.73. The molecule has 2 heterocycles. The van der Waals surface area contributed by atoms with Crippen LogP contribution in [0.3, 0.4) is 0 Å². The summed E-state index contributed by atoms with van der Waals surface area (Å²) in [5.41, 5.74) is -1.11. The smallest absolute Gasteiger partial charge is 0.251 e. The highest BCUT2D eigenvalue weighted by molar-refractivity contribution is 6.00. The first-order valence-electron chi connectivity index (χ1n) is 17.1. The summed E-state index contributed by atoms with van der Waals surface area (Å²) < 4.78 is 11.0. The van der Waals surface area contributed by atoms with Crippen LogP contribution in [-0.2, 0) is 14.3 Å². The van der Waals surface area contributed by atoms with Crippen molar-refractivity contribution in [3.8, 4) is 5.75 Å². The molecule has 0 radical (unpaired) electrons. The molecule has 1 spiro atoms. The monoisotopic (exact) mass is 630 g/mol. The van der Waals surface area contributed by atoms with Crippen LogP contribution in [0, 0.1) is 0 Å². The Balaban J connectivity index is 1.19. The number of rotatable bonds is 17. The number of nitrogens with one attached hydrogen (secondary N) is 2. The van der Waals surface area contributed by atoms with Gasteiger partial charge in [-0.3, -0.25) is 14.4 Å². The first-order chi connectivity index (χ1) is 21.8. The quantitative estimate of drug-likeness (QED) is 0.193. The van der Waals surface area contributed by atoms with E-state index in [1.807, 2.05) is 4.90 Å². The second-order valence-electron chi connectivity index (χ2n) is 12.9. The molecule has 2 saturated heterocycles. The average Bonchev–Trinajstić information content (AvgIpc) is 3.04. The Morgan fingerprint density at radius 1 is 0.978 bits per heavy atom. The first kappa shape index (κ1) is 35.1. The van der Waals surface area contributed by atoms with Gasteiger partial charge in [0.2, 0.25) is 11.8 Å². The molecular formula is C34H54N4O7. The van der Waals surface area contributed by atoms with E-state index in [9.17, 15) is 19.5 Å². The second kappa shape index (κ2) is 17.3. The summed E-state index contributed by atoms with van der Waals surface area (Å²) in [5, 5.41) is 25.7. The highest BCUT2D eigenvalue weighted by atomic mass is 16.5. The Hall–Kier alpha value is -2.73. The minimum atomic E-state index is -0.864. The van der Waals surface area contributed by atoms with Gasteiger partial charge in [0.15, 0.2) is 0 Å². The van der Waals surface area contributed by atoms with Gasteiger partial charge < -0.3 is 40.1 Å². The van der Waals surface area contributed by atoms with Gasteiger partial charge in [-0.05, 0) is 75.8 Å². The van der Waals surface area contributed by atoms with Gasteiger partial charge in [0.05, 0.1) is 32.0 Å². The number of hydrogen-bond donors (Lipinski definition) is 4. The summed E-state index contributed by atoms with van der Waals surface area (Å²) >= 11 is 0. The van der Waals surface area contributed by atoms with Crippen LogP contribution in [0.5, 0.6) is 5.75 Å². The summed E-state index contributed by atoms with van der Waals surface area (Å²) in [7, 11) is 0. The lowest BCUT2D eigenvalue weighted by atomic mass is 9.77. The van der Waals surface area contributed by atoms with E-state index < -0.39 is 17.2 Å². The van der Waals surface area contributed by atoms with Gasteiger partial charge >= 0.3 is 0 Å². The molecule has 1 aliphatic carbocycles. The highest BCUT2D eigenvalue weighted by Crippen LogP contribution is 2.37. The van der Waals surface area contributed by atoms with Crippen LogP contribution in [0.2, 0.25) is 0 Å². The molecular weight excluding hydrogens is 576 g/mol. The number of carbonyl (C=O) groups excluding carboxylic acids is 3. The van der Waals surface area contributed by atoms with Crippen LogP contribution in [0.4, 0.5) is 0 Å². The van der Waals surface area contributed by atoms with Crippen molar-refractivity contribution in [2.75, 3.05) is 59.2 Å². The fourth-order valence-electron chi connectivity index (χ4n) is 6.93. The molecule has 1 saturated carbocycles. The third-order valence-corrected chi connectivity index (χ3v) is 9.62. The maximum absolute atomic E-state index is 13.8. The van der Waals surface area contributed by atoms with Crippen LogP contribution >= 0.6 is 0 Å². The van der Waals surface area contributed by atoms with E-state index in [2.05, 4.69) is 22.5 Å². The molecule has 0 bridgehead atoms. The van der Waals surface area contributed by atoms with Crippen LogP contribution < -0.4 is 15.4 Å². The molecule has 3 amide bonds. The number of amides is 3. The summed E-state index contributed by atoms with van der Waals surface area (Å²) in [4.78, 5) is 43.9. The molecule has 3 aliphatic rings. The largest absolute Gasteiger partial charge is 0.494 e. The van der Waals surface area contributed by atoms with Crippen molar-refractivity contribution in [2.45, 2.75) is 101 Å². The highest BCUT2D eigenvalue weighted by Gasteiger charge is 2.54. The zero-order valence-electron chi connectivity index (χ0n) is 27.1. The Morgan fingerprint density at radius 2 is 1.71 bits per heavy atom. The molecule has 45 heavy (non-hydrogen) atoms. The van der Waals surface area contributed by atoms with Crippen molar-refractivity contribution in [1.82, 2.24) is 20.4 Å². The van der Waals surface area contributed by atoms with Crippen LogP contribution in [-0.4, -0.2) is 114 Å². The molecule has 0 aromatic heterocycles. The molecule has 1 aromatic rings. The van der Waals surface area contributed by atoms with Crippen molar-refractivity contribution in [1.29, 1.82) is 0 Å². The number of benzene rings is 1. The van der Waals surface area contributed by atoms with Gasteiger partial charge in [0.25, 0.3) is 5.91 Å². The van der Waals surface area contributed by atoms with Gasteiger partial charge in [-0.1, -0.05) is 32.6 Å². The number of aliphatic hydroxyl groups is 2. The Morgan fingerprint density at radius 3 is 2.40 bits per heavy atom. The van der Waals surface area contributed by atoms with Gasteiger partial charge in [0.1, 0.15) is 17.3 Å². The first-order valence-corrected chi connectivity index (χ1v) is 17.1. The molecule has 0 unspecified atom stereocenters. The SMILES string of the molecule is CCCCN1C(=O)[C@@H](CC2(O)CCCCC2)NC(=O)C12CCN(CCCCOc1ccc(C(=O)NCCOCCO)cc1)CC2. The van der Waals surface area contributed by atoms with Crippen molar-refractivity contribution in [2.24, 2.45) is 0 Å². The van der Waals surface area contributed by atoms with Gasteiger partial charge in [-0.25, -0.2) is 0 Å². The second-order valence-corrected chi connectivity index (χ2v) is 12.9. The van der Waals surface area contributed by atoms with Crippen molar-refractivity contribution in [3.05, 3.63) is 29.8 Å². The number of piperazine rings is 1. The number of carbonyl (C=O) groups is 3. The Bertz CT molecular complexity index is 1080. The van der Waals surface area contributed by atoms with Crippen molar-refractivity contribution >= 4 is 17.7 Å². The topological polar surface area (TPSA) is 141 Å². The maximum atomic E-state index is 13.8. The van der Waals surface area contributed by atoms with Crippen molar-refractivity contribution < 1.29 is 34.1 Å². The fourth-order valence-corrected chi connectivity index (χ4v) is 6.93. The molecule has 1 atom stereocenters. The molecule has 11 heteroatoms. The minimum Gasteiger partial charge on any atom is -0.494 e. The van der Waals surface area contributed by atoms with E-state index in [4.69, 9.17) is 14.6 Å². The van der Waals surface area contributed by atoms with E-state index in [1.165, 1.54) is 0 Å². The summed E-state index contributed by atoms with van der Waals surface area (Å²) in [6.45, 7) is 6.63. The number of aliphatic hydroxyl groups excluding tert-OH is 1. The molecule has 4 N–H and O–H groups in total. The lowest BCUT2D eigenvalue weighted by molar-refractivity contribution is -0.163. The number of nitrogens with zero attached hydrogens (tertiary/aromatic N) is 2. The molecule has 252 valence electrons. The predicted octanol–water partition coefficient (Wildman–Crippen LogP) is 2.63. The van der Waals surface area contributed by atoms with Crippen LogP contribution in [0.25, 0.3) is 0 Å². The van der Waals surface area contributed by atoms with E-state index in [0.29, 0.717) is 69.7 Å². The molecule has 2 aliphatic heterocycles. The van der Waals surface area contributed by atoms with Gasteiger partial charge in [0, 0.05) is 38.2 Å². The Kier molecular flexibility index (Phi) is 13.5. The number of likely N-dealkylation sites (tertiary alicyclic amines) is 1. The third-order valence-electron chi connectivity index (χ3n) is 9.62. The molecule has 11 nitrogen and oxygen atoms in total. The van der Waals surface area contributed by atoms with Crippen molar-refractivity contribution in [3.63, 3.8) is 0 Å². The zero-order valence-corrected chi connectivity index (χ0v) is 27.1. The summed E-state index contributed by atoms with van der Waals surface area (Å²) in [6, 6.07) is 6.42. The number of ether oxygens (including phenoxy) is 2. The van der Waals surface area contributed by atoms with E-state index in [0.717, 1.165) is 64.6 Å². The van der Waals surface area contributed by atoms with Crippen LogP contribution in [0.15, 0.2) is 24.3 Å². The van der Waals surface area contributed by atoms with Gasteiger partial charge in [-0.15, -0.1) is 0 Å². The summed E-state index contributed by atoms with van der Waals surface area (Å²) in [6.07, 6.45) is 9.64. The fraction of sp³-hybridized carbons (Fsp3) is 0.735. The number of hydrogen-bond acceptors (Lipinski definition) is 8. The van der Waals surface area contributed by atoms with Gasteiger partial charge in [-0.2, -0.15) is 0 Å². The third kappa shape index (κ3) is 9.64. The van der Waals surface area contributed by atoms with E-state index in [-0.39, 0.29) is 30.9 Å². The number of piperidine rings is 1. The summed E-state index contributed by atoms with van der Waals surface area (Å²) in [5.74, 6) is 0.460. The van der Waals surface area contributed by atoms with E-state index in [1.54, 1.807) is 24.3 Å². The molecule has 1 aromatic carbocycles. The lowest BCUT2D eigenvalue weighted by Gasteiger charge is -2.52. The standard InChI is InChI=1S/C34H54N4O7/c1-2-3-19-38-31(41)29(26-33(43)13-5-4-6-14-33)36-32(42)34(38)15-20-37(21-16-34)18-7-8-23-45-28-11-9-27(10-12-28)30(40)35-17-24-44-25-22-39/h9-12,29,39,43H,2-8,13-26H2,1H3,(H,35,40)(H,36,42)/t29-/m1/s1. The minimum absolute atomic E-state index is 0.0230. The van der Waals surface area contributed by atoms with Crippen LogP contribution in [0.1, 0.15) is 94.3 Å². The van der Waals surface area contributed by atoms with E-state index >= 15 is 0 Å². The Labute approximate surface area is 268 Å². The normalized spacial score (nSPS) is 21.5. The zero-order chi connectivity index (χ0) is 32.1. The predicted molar refractivity (Wildman–Crippen MR) is 171 cm³/mol.